The van der Waals surface area contributed by atoms with Crippen LogP contribution < -0.4 is 10.6 Å². The van der Waals surface area contributed by atoms with Gasteiger partial charge in [-0.3, -0.25) is 4.79 Å². The van der Waals surface area contributed by atoms with Crippen LogP contribution in [0.15, 0.2) is 24.3 Å². The summed E-state index contributed by atoms with van der Waals surface area (Å²) in [5.74, 6) is 0.708. The Morgan fingerprint density at radius 3 is 2.62 bits per heavy atom. The third-order valence-electron chi connectivity index (χ3n) is 4.57. The molecule has 5 heteroatoms. The van der Waals surface area contributed by atoms with Gasteiger partial charge in [0.05, 0.1) is 0 Å². The first kappa shape index (κ1) is 16.6. The fourth-order valence-electron chi connectivity index (χ4n) is 3.01. The lowest BCUT2D eigenvalue weighted by Crippen LogP contribution is -2.33. The second kappa shape index (κ2) is 6.99. The summed E-state index contributed by atoms with van der Waals surface area (Å²) in [6.45, 7) is 2.79. The summed E-state index contributed by atoms with van der Waals surface area (Å²) in [7, 11) is 0. The van der Waals surface area contributed by atoms with E-state index < -0.39 is 0 Å². The van der Waals surface area contributed by atoms with E-state index in [1.807, 2.05) is 12.1 Å². The molecule has 1 saturated heterocycles. The molecule has 0 radical (unpaired) electrons. The molecule has 0 bridgehead atoms. The van der Waals surface area contributed by atoms with Crippen LogP contribution in [-0.4, -0.2) is 25.5 Å². The monoisotopic (exact) mass is 328 g/mol. The summed E-state index contributed by atoms with van der Waals surface area (Å²) >= 11 is 5.93. The maximum Gasteiger partial charge on any atom is 0.220 e. The fourth-order valence-corrected chi connectivity index (χ4v) is 3.14. The smallest absolute Gasteiger partial charge is 0.220 e. The number of amides is 1. The van der Waals surface area contributed by atoms with Crippen molar-refractivity contribution >= 4 is 29.9 Å². The summed E-state index contributed by atoms with van der Waals surface area (Å²) in [5.41, 5.74) is 1.46. The Labute approximate surface area is 137 Å². The van der Waals surface area contributed by atoms with Crippen molar-refractivity contribution in [1.82, 2.24) is 10.6 Å². The van der Waals surface area contributed by atoms with E-state index in [2.05, 4.69) is 22.8 Å². The zero-order valence-corrected chi connectivity index (χ0v) is 13.6. The molecule has 3 nitrogen and oxygen atoms in total. The predicted molar refractivity (Wildman–Crippen MR) is 88.2 cm³/mol. The van der Waals surface area contributed by atoms with Crippen molar-refractivity contribution in [2.45, 2.75) is 31.1 Å². The minimum absolute atomic E-state index is 0. The Balaban J connectivity index is 0.00000161. The van der Waals surface area contributed by atoms with Crippen molar-refractivity contribution in [3.05, 3.63) is 34.9 Å². The summed E-state index contributed by atoms with van der Waals surface area (Å²) in [4.78, 5) is 12.0. The fraction of sp³-hybridized carbons (Fsp3) is 0.562. The van der Waals surface area contributed by atoms with Crippen LogP contribution in [0.2, 0.25) is 5.02 Å². The second-order valence-corrected chi connectivity index (χ2v) is 6.56. The molecule has 1 amide bonds. The molecular weight excluding hydrogens is 307 g/mol. The molecule has 2 fully saturated rings. The van der Waals surface area contributed by atoms with Crippen molar-refractivity contribution in [1.29, 1.82) is 0 Å². The quantitative estimate of drug-likeness (QED) is 0.872. The molecule has 1 aromatic carbocycles. The molecule has 21 heavy (non-hydrogen) atoms. The van der Waals surface area contributed by atoms with E-state index in [9.17, 15) is 4.79 Å². The van der Waals surface area contributed by atoms with Gasteiger partial charge in [-0.1, -0.05) is 23.7 Å². The SMILES string of the molecule is Cl.O=C(CC1CCNC1)NCC1(c2ccc(Cl)cc2)CC1. The number of benzene rings is 1. The number of rotatable bonds is 5. The molecule has 0 spiro atoms. The highest BCUT2D eigenvalue weighted by atomic mass is 35.5. The van der Waals surface area contributed by atoms with Crippen LogP contribution in [0.3, 0.4) is 0 Å². The normalized spacial score (nSPS) is 22.4. The highest BCUT2D eigenvalue weighted by Crippen LogP contribution is 2.47. The number of hydrogen-bond donors (Lipinski definition) is 2. The van der Waals surface area contributed by atoms with Gasteiger partial charge in [0.25, 0.3) is 0 Å². The molecule has 1 aliphatic heterocycles. The van der Waals surface area contributed by atoms with E-state index in [1.54, 1.807) is 0 Å². The van der Waals surface area contributed by atoms with Gasteiger partial charge in [-0.25, -0.2) is 0 Å². The number of nitrogens with one attached hydrogen (secondary N) is 2. The summed E-state index contributed by atoms with van der Waals surface area (Å²) < 4.78 is 0. The lowest BCUT2D eigenvalue weighted by atomic mass is 9.95. The van der Waals surface area contributed by atoms with Gasteiger partial charge < -0.3 is 10.6 Å². The third-order valence-corrected chi connectivity index (χ3v) is 4.82. The highest BCUT2D eigenvalue weighted by molar-refractivity contribution is 6.30. The van der Waals surface area contributed by atoms with Gasteiger partial charge in [0.2, 0.25) is 5.91 Å². The van der Waals surface area contributed by atoms with Crippen LogP contribution in [-0.2, 0) is 10.2 Å². The molecule has 116 valence electrons. The van der Waals surface area contributed by atoms with Crippen molar-refractivity contribution in [3.8, 4) is 0 Å². The standard InChI is InChI=1S/C16H21ClN2O.ClH/c17-14-3-1-13(2-4-14)16(6-7-16)11-19-15(20)9-12-5-8-18-10-12;/h1-4,12,18H,5-11H2,(H,19,20);1H. The Morgan fingerprint density at radius 2 is 2.05 bits per heavy atom. The lowest BCUT2D eigenvalue weighted by molar-refractivity contribution is -0.122. The molecular formula is C16H22Cl2N2O. The Kier molecular flexibility index (Phi) is 5.53. The first-order chi connectivity index (χ1) is 9.68. The van der Waals surface area contributed by atoms with Gasteiger partial charge in [0.15, 0.2) is 0 Å². The Bertz CT molecular complexity index is 480. The van der Waals surface area contributed by atoms with E-state index >= 15 is 0 Å². The van der Waals surface area contributed by atoms with Crippen LogP contribution in [0, 0.1) is 5.92 Å². The van der Waals surface area contributed by atoms with Crippen molar-refractivity contribution in [2.24, 2.45) is 5.92 Å². The van der Waals surface area contributed by atoms with E-state index in [4.69, 9.17) is 11.6 Å². The molecule has 2 aliphatic rings. The molecule has 0 aromatic heterocycles. The second-order valence-electron chi connectivity index (χ2n) is 6.13. The van der Waals surface area contributed by atoms with Crippen LogP contribution in [0.25, 0.3) is 0 Å². The van der Waals surface area contributed by atoms with Gasteiger partial charge in [-0.05, 0) is 56.0 Å². The minimum Gasteiger partial charge on any atom is -0.355 e. The molecule has 1 atom stereocenters. The van der Waals surface area contributed by atoms with Crippen LogP contribution in [0.5, 0.6) is 0 Å². The van der Waals surface area contributed by atoms with Crippen molar-refractivity contribution in [3.63, 3.8) is 0 Å². The lowest BCUT2D eigenvalue weighted by Gasteiger charge is -2.17. The summed E-state index contributed by atoms with van der Waals surface area (Å²) in [6.07, 6.45) is 4.08. The van der Waals surface area contributed by atoms with E-state index in [-0.39, 0.29) is 23.7 Å². The number of carbonyl (C=O) groups excluding carboxylic acids is 1. The molecule has 1 aromatic rings. The minimum atomic E-state index is 0. The van der Waals surface area contributed by atoms with Crippen molar-refractivity contribution < 1.29 is 4.79 Å². The van der Waals surface area contributed by atoms with E-state index in [1.165, 1.54) is 5.56 Å². The van der Waals surface area contributed by atoms with E-state index in [0.29, 0.717) is 12.3 Å². The van der Waals surface area contributed by atoms with E-state index in [0.717, 1.165) is 43.9 Å². The zero-order valence-electron chi connectivity index (χ0n) is 12.0. The number of hydrogen-bond acceptors (Lipinski definition) is 2. The topological polar surface area (TPSA) is 41.1 Å². The first-order valence-electron chi connectivity index (χ1n) is 7.41. The molecule has 1 unspecified atom stereocenters. The molecule has 1 heterocycles. The number of halogens is 2. The molecule has 2 N–H and O–H groups in total. The summed E-state index contributed by atoms with van der Waals surface area (Å²) in [5, 5.41) is 7.19. The largest absolute Gasteiger partial charge is 0.355 e. The third kappa shape index (κ3) is 4.12. The Hall–Kier alpha value is -0.770. The van der Waals surface area contributed by atoms with Crippen molar-refractivity contribution in [2.75, 3.05) is 19.6 Å². The van der Waals surface area contributed by atoms with Gasteiger partial charge in [0, 0.05) is 23.4 Å². The number of carbonyl (C=O) groups is 1. The predicted octanol–water partition coefficient (Wildman–Crippen LogP) is 2.91. The Morgan fingerprint density at radius 1 is 1.33 bits per heavy atom. The molecule has 1 aliphatic carbocycles. The van der Waals surface area contributed by atoms with Gasteiger partial charge in [-0.2, -0.15) is 0 Å². The first-order valence-corrected chi connectivity index (χ1v) is 7.79. The average molecular weight is 329 g/mol. The van der Waals surface area contributed by atoms with Gasteiger partial charge in [0.1, 0.15) is 0 Å². The maximum absolute atomic E-state index is 12.0. The maximum atomic E-state index is 12.0. The molecule has 3 rings (SSSR count). The van der Waals surface area contributed by atoms with Gasteiger partial charge in [-0.15, -0.1) is 12.4 Å². The average Bonchev–Trinajstić information content (AvgIpc) is 3.07. The highest BCUT2D eigenvalue weighted by Gasteiger charge is 2.44. The van der Waals surface area contributed by atoms with Gasteiger partial charge >= 0.3 is 0 Å². The zero-order chi connectivity index (χ0) is 14.0. The molecule has 1 saturated carbocycles. The van der Waals surface area contributed by atoms with Crippen LogP contribution >= 0.6 is 24.0 Å². The summed E-state index contributed by atoms with van der Waals surface area (Å²) in [6, 6.07) is 8.04. The van der Waals surface area contributed by atoms with Crippen LogP contribution in [0.4, 0.5) is 0 Å². The van der Waals surface area contributed by atoms with Crippen LogP contribution in [0.1, 0.15) is 31.2 Å².